The molecule has 1 N–H and O–H groups in total. The third kappa shape index (κ3) is 5.39. The minimum absolute atomic E-state index is 0.149. The first-order valence-electron chi connectivity index (χ1n) is 8.78. The quantitative estimate of drug-likeness (QED) is 0.666. The summed E-state index contributed by atoms with van der Waals surface area (Å²) in [6.07, 6.45) is 0. The topological polar surface area (TPSA) is 83.1 Å². The molecule has 2 aromatic rings. The molecule has 0 bridgehead atoms. The smallest absolute Gasteiger partial charge is 0.338 e. The van der Waals surface area contributed by atoms with E-state index in [1.54, 1.807) is 0 Å². The molecule has 0 saturated carbocycles. The van der Waals surface area contributed by atoms with Gasteiger partial charge in [0.1, 0.15) is 0 Å². The number of hydrogen-bond donors (Lipinski definition) is 1. The number of amides is 1. The SMILES string of the molecule is COc1cc(C(=O)OCC(=O)NC[C@@H](C)c2ccccc2)cc(OC)c1OC. The molecule has 150 valence electrons. The summed E-state index contributed by atoms with van der Waals surface area (Å²) in [7, 11) is 4.38. The van der Waals surface area contributed by atoms with Crippen LogP contribution >= 0.6 is 0 Å². The summed E-state index contributed by atoms with van der Waals surface area (Å²) in [5.41, 5.74) is 1.32. The van der Waals surface area contributed by atoms with Gasteiger partial charge in [0.2, 0.25) is 5.75 Å². The lowest BCUT2D eigenvalue weighted by atomic mass is 10.0. The van der Waals surface area contributed by atoms with Gasteiger partial charge in [0, 0.05) is 6.54 Å². The fourth-order valence-corrected chi connectivity index (χ4v) is 2.63. The summed E-state index contributed by atoms with van der Waals surface area (Å²) in [6.45, 7) is 2.08. The van der Waals surface area contributed by atoms with Crippen molar-refractivity contribution < 1.29 is 28.5 Å². The van der Waals surface area contributed by atoms with Crippen LogP contribution in [0.3, 0.4) is 0 Å². The molecule has 28 heavy (non-hydrogen) atoms. The predicted octanol–water partition coefficient (Wildman–Crippen LogP) is 2.79. The van der Waals surface area contributed by atoms with Crippen LogP contribution in [0.15, 0.2) is 42.5 Å². The normalized spacial score (nSPS) is 11.3. The first-order chi connectivity index (χ1) is 13.5. The molecule has 0 aliphatic carbocycles. The maximum Gasteiger partial charge on any atom is 0.338 e. The van der Waals surface area contributed by atoms with Crippen LogP contribution < -0.4 is 19.5 Å². The molecule has 1 amide bonds. The molecule has 0 unspecified atom stereocenters. The van der Waals surface area contributed by atoms with E-state index in [0.717, 1.165) is 5.56 Å². The molecule has 2 aromatic carbocycles. The van der Waals surface area contributed by atoms with Gasteiger partial charge in [-0.25, -0.2) is 4.79 Å². The molecule has 0 aliphatic rings. The standard InChI is InChI=1S/C21H25NO6/c1-14(15-8-6-5-7-9-15)12-22-19(23)13-28-21(24)16-10-17(25-2)20(27-4)18(11-16)26-3/h5-11,14H,12-13H2,1-4H3,(H,22,23)/t14-/m1/s1. The summed E-state index contributed by atoms with van der Waals surface area (Å²) in [5, 5.41) is 2.77. The van der Waals surface area contributed by atoms with Crippen LogP contribution in [0.5, 0.6) is 17.2 Å². The molecule has 0 aromatic heterocycles. The van der Waals surface area contributed by atoms with Gasteiger partial charge in [-0.05, 0) is 23.6 Å². The number of methoxy groups -OCH3 is 3. The Balaban J connectivity index is 1.92. The van der Waals surface area contributed by atoms with Crippen LogP contribution in [-0.4, -0.2) is 46.4 Å². The Labute approximate surface area is 164 Å². The van der Waals surface area contributed by atoms with E-state index in [9.17, 15) is 9.59 Å². The van der Waals surface area contributed by atoms with E-state index >= 15 is 0 Å². The number of carbonyl (C=O) groups excluding carboxylic acids is 2. The number of esters is 1. The zero-order valence-electron chi connectivity index (χ0n) is 16.5. The third-order valence-corrected chi connectivity index (χ3v) is 4.21. The highest BCUT2D eigenvalue weighted by Crippen LogP contribution is 2.38. The highest BCUT2D eigenvalue weighted by Gasteiger charge is 2.18. The van der Waals surface area contributed by atoms with Gasteiger partial charge < -0.3 is 24.3 Å². The molecule has 0 saturated heterocycles. The van der Waals surface area contributed by atoms with E-state index in [4.69, 9.17) is 18.9 Å². The van der Waals surface area contributed by atoms with Crippen LogP contribution in [0.4, 0.5) is 0 Å². The molecular formula is C21H25NO6. The number of carbonyl (C=O) groups is 2. The number of nitrogens with one attached hydrogen (secondary N) is 1. The number of rotatable bonds is 9. The fourth-order valence-electron chi connectivity index (χ4n) is 2.63. The molecule has 7 heteroatoms. The Morgan fingerprint density at radius 1 is 0.964 bits per heavy atom. The van der Waals surface area contributed by atoms with Crippen molar-refractivity contribution in [1.82, 2.24) is 5.32 Å². The van der Waals surface area contributed by atoms with Crippen molar-refractivity contribution in [3.05, 3.63) is 53.6 Å². The molecular weight excluding hydrogens is 362 g/mol. The third-order valence-electron chi connectivity index (χ3n) is 4.21. The summed E-state index contributed by atoms with van der Waals surface area (Å²) in [6, 6.07) is 12.8. The minimum Gasteiger partial charge on any atom is -0.493 e. The molecule has 1 atom stereocenters. The van der Waals surface area contributed by atoms with E-state index in [1.807, 2.05) is 37.3 Å². The van der Waals surface area contributed by atoms with Gasteiger partial charge in [0.25, 0.3) is 5.91 Å². The first kappa shape index (κ1) is 21.1. The maximum atomic E-state index is 12.3. The van der Waals surface area contributed by atoms with Gasteiger partial charge >= 0.3 is 5.97 Å². The van der Waals surface area contributed by atoms with Gasteiger partial charge in [0.05, 0.1) is 26.9 Å². The monoisotopic (exact) mass is 387 g/mol. The van der Waals surface area contributed by atoms with E-state index in [-0.39, 0.29) is 24.0 Å². The van der Waals surface area contributed by atoms with Crippen LogP contribution in [0.25, 0.3) is 0 Å². The summed E-state index contributed by atoms with van der Waals surface area (Å²) < 4.78 is 20.7. The van der Waals surface area contributed by atoms with Gasteiger partial charge in [-0.2, -0.15) is 0 Å². The Bertz CT molecular complexity index is 781. The fraction of sp³-hybridized carbons (Fsp3) is 0.333. The molecule has 0 fully saturated rings. The minimum atomic E-state index is -0.662. The average Bonchev–Trinajstić information content (AvgIpc) is 2.74. The van der Waals surface area contributed by atoms with E-state index in [1.165, 1.54) is 33.5 Å². The molecule has 2 rings (SSSR count). The van der Waals surface area contributed by atoms with E-state index < -0.39 is 5.97 Å². The molecule has 0 spiro atoms. The Kier molecular flexibility index (Phi) is 7.68. The summed E-state index contributed by atoms with van der Waals surface area (Å²) in [4.78, 5) is 24.3. The Morgan fingerprint density at radius 2 is 1.57 bits per heavy atom. The zero-order valence-corrected chi connectivity index (χ0v) is 16.5. The van der Waals surface area contributed by atoms with Gasteiger partial charge in [-0.15, -0.1) is 0 Å². The highest BCUT2D eigenvalue weighted by molar-refractivity contribution is 5.92. The van der Waals surface area contributed by atoms with Crippen molar-refractivity contribution in [3.63, 3.8) is 0 Å². The van der Waals surface area contributed by atoms with Crippen molar-refractivity contribution in [2.45, 2.75) is 12.8 Å². The maximum absolute atomic E-state index is 12.3. The molecule has 0 aliphatic heterocycles. The number of hydrogen-bond acceptors (Lipinski definition) is 6. The van der Waals surface area contributed by atoms with Crippen molar-refractivity contribution in [2.75, 3.05) is 34.5 Å². The lowest BCUT2D eigenvalue weighted by Crippen LogP contribution is -2.31. The average molecular weight is 387 g/mol. The van der Waals surface area contributed by atoms with Crippen LogP contribution in [0.1, 0.15) is 28.8 Å². The molecule has 7 nitrogen and oxygen atoms in total. The lowest BCUT2D eigenvalue weighted by molar-refractivity contribution is -0.124. The Hall–Kier alpha value is -3.22. The Morgan fingerprint density at radius 3 is 2.11 bits per heavy atom. The number of ether oxygens (including phenoxy) is 4. The highest BCUT2D eigenvalue weighted by atomic mass is 16.5. The number of benzene rings is 2. The molecule has 0 radical (unpaired) electrons. The van der Waals surface area contributed by atoms with Crippen LogP contribution in [0.2, 0.25) is 0 Å². The van der Waals surface area contributed by atoms with Crippen molar-refractivity contribution >= 4 is 11.9 Å². The first-order valence-corrected chi connectivity index (χ1v) is 8.78. The van der Waals surface area contributed by atoms with Crippen molar-refractivity contribution in [3.8, 4) is 17.2 Å². The van der Waals surface area contributed by atoms with Crippen molar-refractivity contribution in [1.29, 1.82) is 0 Å². The molecule has 0 heterocycles. The van der Waals surface area contributed by atoms with Gasteiger partial charge in [-0.3, -0.25) is 4.79 Å². The van der Waals surface area contributed by atoms with E-state index in [2.05, 4.69) is 5.32 Å². The van der Waals surface area contributed by atoms with Crippen molar-refractivity contribution in [2.24, 2.45) is 0 Å². The van der Waals surface area contributed by atoms with Gasteiger partial charge in [-0.1, -0.05) is 37.3 Å². The summed E-state index contributed by atoms with van der Waals surface area (Å²) >= 11 is 0. The van der Waals surface area contributed by atoms with Crippen LogP contribution in [0, 0.1) is 0 Å². The second kappa shape index (κ2) is 10.2. The largest absolute Gasteiger partial charge is 0.493 e. The van der Waals surface area contributed by atoms with E-state index in [0.29, 0.717) is 23.8 Å². The summed E-state index contributed by atoms with van der Waals surface area (Å²) in [5.74, 6) is 0.143. The lowest BCUT2D eigenvalue weighted by Gasteiger charge is -2.14. The van der Waals surface area contributed by atoms with Crippen LogP contribution in [-0.2, 0) is 9.53 Å². The predicted molar refractivity (Wildman–Crippen MR) is 104 cm³/mol. The second-order valence-corrected chi connectivity index (χ2v) is 6.11. The zero-order chi connectivity index (χ0) is 20.5. The second-order valence-electron chi connectivity index (χ2n) is 6.11. The van der Waals surface area contributed by atoms with Gasteiger partial charge in [0.15, 0.2) is 18.1 Å².